The normalized spacial score (nSPS) is 29.4. The maximum atomic E-state index is 11.3. The minimum Gasteiger partial charge on any atom is -0.481 e. The van der Waals surface area contributed by atoms with Crippen molar-refractivity contribution in [3.8, 4) is 0 Å². The van der Waals surface area contributed by atoms with Crippen molar-refractivity contribution >= 4 is 5.97 Å². The zero-order valence-corrected chi connectivity index (χ0v) is 11.8. The standard InChI is InChI=1S/C16H21NO3/c1-17(15-10-20-9-13(15)16(18)19)14-8-4-6-11-5-2-3-7-12(11)14/h2-3,5,7,13-15H,4,6,8-10H2,1H3,(H,18,19). The Bertz CT molecular complexity index is 502. The molecule has 1 aliphatic heterocycles. The average Bonchev–Trinajstić information content (AvgIpc) is 2.95. The number of ether oxygens (including phenoxy) is 1. The Labute approximate surface area is 119 Å². The van der Waals surface area contributed by atoms with Crippen LogP contribution in [0.5, 0.6) is 0 Å². The molecule has 3 atom stereocenters. The van der Waals surface area contributed by atoms with Gasteiger partial charge >= 0.3 is 5.97 Å². The predicted molar refractivity (Wildman–Crippen MR) is 75.6 cm³/mol. The van der Waals surface area contributed by atoms with E-state index in [1.807, 2.05) is 7.05 Å². The molecule has 0 spiro atoms. The summed E-state index contributed by atoms with van der Waals surface area (Å²) in [5.41, 5.74) is 2.76. The number of aryl methyl sites for hydroxylation is 1. The van der Waals surface area contributed by atoms with Crippen LogP contribution in [0.3, 0.4) is 0 Å². The van der Waals surface area contributed by atoms with Crippen molar-refractivity contribution < 1.29 is 14.6 Å². The quantitative estimate of drug-likeness (QED) is 0.917. The molecule has 0 bridgehead atoms. The van der Waals surface area contributed by atoms with E-state index in [9.17, 15) is 9.90 Å². The summed E-state index contributed by atoms with van der Waals surface area (Å²) in [6, 6.07) is 8.82. The third-order valence-corrected chi connectivity index (χ3v) is 4.72. The number of carbonyl (C=O) groups is 1. The Morgan fingerprint density at radius 1 is 1.35 bits per heavy atom. The van der Waals surface area contributed by atoms with Crippen LogP contribution >= 0.6 is 0 Å². The highest BCUT2D eigenvalue weighted by molar-refractivity contribution is 5.71. The molecule has 1 aromatic carbocycles. The van der Waals surface area contributed by atoms with Crippen LogP contribution in [-0.2, 0) is 16.0 Å². The largest absolute Gasteiger partial charge is 0.481 e. The first kappa shape index (κ1) is 13.6. The van der Waals surface area contributed by atoms with Gasteiger partial charge in [-0.1, -0.05) is 24.3 Å². The van der Waals surface area contributed by atoms with Crippen molar-refractivity contribution in [1.29, 1.82) is 0 Å². The van der Waals surface area contributed by atoms with Crippen LogP contribution in [0.15, 0.2) is 24.3 Å². The van der Waals surface area contributed by atoms with Gasteiger partial charge in [0, 0.05) is 12.1 Å². The van der Waals surface area contributed by atoms with Crippen LogP contribution < -0.4 is 0 Å². The molecule has 1 saturated heterocycles. The van der Waals surface area contributed by atoms with E-state index in [0.717, 1.165) is 19.3 Å². The Kier molecular flexibility index (Phi) is 3.76. The van der Waals surface area contributed by atoms with Crippen molar-refractivity contribution in [3.63, 3.8) is 0 Å². The first-order valence-corrected chi connectivity index (χ1v) is 7.29. The monoisotopic (exact) mass is 275 g/mol. The molecule has 0 radical (unpaired) electrons. The molecule has 3 rings (SSSR count). The van der Waals surface area contributed by atoms with Gasteiger partial charge < -0.3 is 9.84 Å². The van der Waals surface area contributed by atoms with E-state index < -0.39 is 11.9 Å². The number of rotatable bonds is 3. The summed E-state index contributed by atoms with van der Waals surface area (Å²) in [5, 5.41) is 9.32. The molecule has 3 unspecified atom stereocenters. The SMILES string of the molecule is CN(C1CCCc2ccccc21)C1COCC1C(=O)O. The van der Waals surface area contributed by atoms with Crippen molar-refractivity contribution in [2.45, 2.75) is 31.3 Å². The van der Waals surface area contributed by atoms with Gasteiger partial charge in [-0.3, -0.25) is 9.69 Å². The van der Waals surface area contributed by atoms with E-state index in [2.05, 4.69) is 29.2 Å². The molecule has 1 aromatic rings. The lowest BCUT2D eigenvalue weighted by atomic mass is 9.85. The summed E-state index contributed by atoms with van der Waals surface area (Å²) in [6.45, 7) is 0.852. The van der Waals surface area contributed by atoms with Gasteiger partial charge in [-0.2, -0.15) is 0 Å². The minimum absolute atomic E-state index is 0.0244. The number of benzene rings is 1. The predicted octanol–water partition coefficient (Wildman–Crippen LogP) is 2.10. The van der Waals surface area contributed by atoms with Crippen molar-refractivity contribution in [2.24, 2.45) is 5.92 Å². The van der Waals surface area contributed by atoms with Crippen LogP contribution in [0.4, 0.5) is 0 Å². The molecule has 0 amide bonds. The zero-order valence-electron chi connectivity index (χ0n) is 11.8. The van der Waals surface area contributed by atoms with E-state index in [1.165, 1.54) is 11.1 Å². The van der Waals surface area contributed by atoms with E-state index in [-0.39, 0.29) is 6.04 Å². The number of carboxylic acids is 1. The number of fused-ring (bicyclic) bond motifs is 1. The molecule has 4 nitrogen and oxygen atoms in total. The maximum absolute atomic E-state index is 11.3. The summed E-state index contributed by atoms with van der Waals surface area (Å²) < 4.78 is 5.41. The van der Waals surface area contributed by atoms with Crippen molar-refractivity contribution in [2.75, 3.05) is 20.3 Å². The Hall–Kier alpha value is -1.39. The number of nitrogens with zero attached hydrogens (tertiary/aromatic N) is 1. The molecule has 4 heteroatoms. The number of aliphatic carboxylic acids is 1. The lowest BCUT2D eigenvalue weighted by molar-refractivity contribution is -0.143. The van der Waals surface area contributed by atoms with Crippen LogP contribution in [0.2, 0.25) is 0 Å². The molecule has 1 N–H and O–H groups in total. The molecule has 2 aliphatic rings. The molecular formula is C16H21NO3. The second-order valence-corrected chi connectivity index (χ2v) is 5.82. The van der Waals surface area contributed by atoms with Crippen LogP contribution in [0, 0.1) is 5.92 Å². The van der Waals surface area contributed by atoms with Gasteiger partial charge in [-0.15, -0.1) is 0 Å². The molecule has 108 valence electrons. The number of hydrogen-bond acceptors (Lipinski definition) is 3. The van der Waals surface area contributed by atoms with Gasteiger partial charge in [-0.05, 0) is 37.4 Å². The Balaban J connectivity index is 1.84. The molecule has 0 aromatic heterocycles. The van der Waals surface area contributed by atoms with Gasteiger partial charge in [0.1, 0.15) is 0 Å². The fourth-order valence-electron chi connectivity index (χ4n) is 3.56. The first-order valence-electron chi connectivity index (χ1n) is 7.29. The van der Waals surface area contributed by atoms with Crippen LogP contribution in [0.1, 0.15) is 30.0 Å². The highest BCUT2D eigenvalue weighted by Gasteiger charge is 2.39. The van der Waals surface area contributed by atoms with E-state index in [4.69, 9.17) is 4.74 Å². The fourth-order valence-corrected chi connectivity index (χ4v) is 3.56. The lowest BCUT2D eigenvalue weighted by Crippen LogP contribution is -2.43. The van der Waals surface area contributed by atoms with Crippen LogP contribution in [-0.4, -0.2) is 42.3 Å². The van der Waals surface area contributed by atoms with Gasteiger partial charge in [0.2, 0.25) is 0 Å². The smallest absolute Gasteiger partial charge is 0.310 e. The summed E-state index contributed by atoms with van der Waals surface area (Å²) in [7, 11) is 2.04. The van der Waals surface area contributed by atoms with E-state index >= 15 is 0 Å². The van der Waals surface area contributed by atoms with Gasteiger partial charge in [-0.25, -0.2) is 0 Å². The Morgan fingerprint density at radius 3 is 2.95 bits per heavy atom. The molecule has 0 saturated carbocycles. The van der Waals surface area contributed by atoms with Crippen LogP contribution in [0.25, 0.3) is 0 Å². The second kappa shape index (κ2) is 5.54. The molecule has 1 aliphatic carbocycles. The summed E-state index contributed by atoms with van der Waals surface area (Å²) in [6.07, 6.45) is 3.39. The second-order valence-electron chi connectivity index (χ2n) is 5.82. The Morgan fingerprint density at radius 2 is 2.15 bits per heavy atom. The third-order valence-electron chi connectivity index (χ3n) is 4.72. The van der Waals surface area contributed by atoms with Crippen molar-refractivity contribution in [1.82, 2.24) is 4.90 Å². The average molecular weight is 275 g/mol. The highest BCUT2D eigenvalue weighted by Crippen LogP contribution is 2.36. The number of likely N-dealkylation sites (N-methyl/N-ethyl adjacent to an activating group) is 1. The number of hydrogen-bond donors (Lipinski definition) is 1. The topological polar surface area (TPSA) is 49.8 Å². The zero-order chi connectivity index (χ0) is 14.1. The number of carboxylic acid groups (broad SMARTS) is 1. The molecule has 20 heavy (non-hydrogen) atoms. The van der Waals surface area contributed by atoms with Gasteiger partial charge in [0.25, 0.3) is 0 Å². The third kappa shape index (κ3) is 2.34. The maximum Gasteiger partial charge on any atom is 0.310 e. The van der Waals surface area contributed by atoms with E-state index in [1.54, 1.807) is 0 Å². The van der Waals surface area contributed by atoms with Gasteiger partial charge in [0.15, 0.2) is 0 Å². The van der Waals surface area contributed by atoms with Crippen molar-refractivity contribution in [3.05, 3.63) is 35.4 Å². The fraction of sp³-hybridized carbons (Fsp3) is 0.562. The van der Waals surface area contributed by atoms with Gasteiger partial charge in [0.05, 0.1) is 19.1 Å². The molecule has 1 fully saturated rings. The highest BCUT2D eigenvalue weighted by atomic mass is 16.5. The van der Waals surface area contributed by atoms with E-state index in [0.29, 0.717) is 19.3 Å². The first-order chi connectivity index (χ1) is 9.68. The minimum atomic E-state index is -0.747. The molecular weight excluding hydrogens is 254 g/mol. The lowest BCUT2D eigenvalue weighted by Gasteiger charge is -2.37. The summed E-state index contributed by atoms with van der Waals surface area (Å²) in [5.74, 6) is -1.16. The molecule has 1 heterocycles. The summed E-state index contributed by atoms with van der Waals surface area (Å²) >= 11 is 0. The summed E-state index contributed by atoms with van der Waals surface area (Å²) in [4.78, 5) is 13.6.